The van der Waals surface area contributed by atoms with Crippen molar-refractivity contribution in [2.75, 3.05) is 0 Å². The first-order valence-corrected chi connectivity index (χ1v) is 3.99. The van der Waals surface area contributed by atoms with E-state index in [9.17, 15) is 0 Å². The number of hydrogen-bond acceptors (Lipinski definition) is 2. The standard InChI is InChI=1S/C7H9O2P/c8-7(10-9)6-4-2-1-3-5-6/h1-5,7-10H. The first kappa shape index (κ1) is 7.67. The van der Waals surface area contributed by atoms with Crippen LogP contribution in [0.5, 0.6) is 0 Å². The van der Waals surface area contributed by atoms with E-state index in [1.807, 2.05) is 18.2 Å². The van der Waals surface area contributed by atoms with Crippen molar-refractivity contribution < 1.29 is 10.00 Å². The fraction of sp³-hybridized carbons (Fsp3) is 0.143. The van der Waals surface area contributed by atoms with E-state index < -0.39 is 14.7 Å². The summed E-state index contributed by atoms with van der Waals surface area (Å²) >= 11 is 0. The molecule has 0 radical (unpaired) electrons. The van der Waals surface area contributed by atoms with Gasteiger partial charge in [-0.05, 0) is 5.56 Å². The van der Waals surface area contributed by atoms with Crippen molar-refractivity contribution in [2.45, 2.75) is 5.85 Å². The molecular formula is C7H9O2P. The van der Waals surface area contributed by atoms with E-state index in [-0.39, 0.29) is 0 Å². The van der Waals surface area contributed by atoms with Crippen LogP contribution in [0.4, 0.5) is 0 Å². The summed E-state index contributed by atoms with van der Waals surface area (Å²) in [5, 5.41) is 9.09. The molecule has 0 bridgehead atoms. The van der Waals surface area contributed by atoms with E-state index in [1.54, 1.807) is 12.1 Å². The second-order valence-electron chi connectivity index (χ2n) is 1.94. The Morgan fingerprint density at radius 3 is 2.30 bits per heavy atom. The molecule has 2 N–H and O–H groups in total. The summed E-state index contributed by atoms with van der Waals surface area (Å²) in [5.41, 5.74) is 0.767. The first-order chi connectivity index (χ1) is 4.84. The maximum absolute atomic E-state index is 9.09. The summed E-state index contributed by atoms with van der Waals surface area (Å²) in [4.78, 5) is 8.57. The van der Waals surface area contributed by atoms with Crippen LogP contribution in [0.25, 0.3) is 0 Å². The Morgan fingerprint density at radius 2 is 1.80 bits per heavy atom. The van der Waals surface area contributed by atoms with Gasteiger partial charge in [0.2, 0.25) is 0 Å². The Labute approximate surface area is 61.4 Å². The Balaban J connectivity index is 2.75. The van der Waals surface area contributed by atoms with Crippen molar-refractivity contribution in [2.24, 2.45) is 0 Å². The molecule has 1 rings (SSSR count). The SMILES string of the molecule is OPC(O)c1ccccc1. The average molecular weight is 156 g/mol. The summed E-state index contributed by atoms with van der Waals surface area (Å²) in [5.74, 6) is -0.707. The Morgan fingerprint density at radius 1 is 1.20 bits per heavy atom. The van der Waals surface area contributed by atoms with E-state index in [0.717, 1.165) is 5.56 Å². The minimum atomic E-state index is -0.707. The van der Waals surface area contributed by atoms with Gasteiger partial charge in [-0.25, -0.2) is 0 Å². The molecule has 2 atom stereocenters. The highest BCUT2D eigenvalue weighted by Crippen LogP contribution is 2.27. The normalized spacial score (nSPS) is 14.2. The molecule has 1 aromatic rings. The largest absolute Gasteiger partial charge is 0.382 e. The van der Waals surface area contributed by atoms with Crippen LogP contribution in [0.2, 0.25) is 0 Å². The molecule has 0 aliphatic carbocycles. The highest BCUT2D eigenvalue weighted by molar-refractivity contribution is 7.31. The summed E-state index contributed by atoms with van der Waals surface area (Å²) in [7, 11) is -0.435. The van der Waals surface area contributed by atoms with Crippen LogP contribution in [-0.4, -0.2) is 10.00 Å². The van der Waals surface area contributed by atoms with Gasteiger partial charge in [0.1, 0.15) is 5.85 Å². The van der Waals surface area contributed by atoms with E-state index in [2.05, 4.69) is 0 Å². The zero-order valence-corrected chi connectivity index (χ0v) is 6.36. The third-order valence-electron chi connectivity index (χ3n) is 1.24. The molecule has 0 aromatic heterocycles. The van der Waals surface area contributed by atoms with Gasteiger partial charge < -0.3 is 10.00 Å². The average Bonchev–Trinajstić information content (AvgIpc) is 2.05. The second-order valence-corrected chi connectivity index (χ2v) is 2.75. The predicted octanol–water partition coefficient (Wildman–Crippen LogP) is 1.26. The van der Waals surface area contributed by atoms with Crippen LogP contribution >= 0.6 is 8.81 Å². The Kier molecular flexibility index (Phi) is 2.82. The quantitative estimate of drug-likeness (QED) is 0.633. The molecule has 1 aromatic carbocycles. The van der Waals surface area contributed by atoms with Gasteiger partial charge in [0.25, 0.3) is 0 Å². The van der Waals surface area contributed by atoms with Crippen molar-refractivity contribution in [1.29, 1.82) is 0 Å². The monoisotopic (exact) mass is 156 g/mol. The predicted molar refractivity (Wildman–Crippen MR) is 41.9 cm³/mol. The number of aliphatic hydroxyl groups is 1. The number of benzene rings is 1. The maximum atomic E-state index is 9.09. The number of aliphatic hydroxyl groups excluding tert-OH is 1. The van der Waals surface area contributed by atoms with Gasteiger partial charge in [0.05, 0.1) is 0 Å². The van der Waals surface area contributed by atoms with Crippen LogP contribution in [0.15, 0.2) is 30.3 Å². The zero-order chi connectivity index (χ0) is 7.40. The molecular weight excluding hydrogens is 147 g/mol. The van der Waals surface area contributed by atoms with Crippen LogP contribution in [-0.2, 0) is 0 Å². The maximum Gasteiger partial charge on any atom is 0.120 e. The topological polar surface area (TPSA) is 40.5 Å². The smallest absolute Gasteiger partial charge is 0.120 e. The van der Waals surface area contributed by atoms with Crippen molar-refractivity contribution in [1.82, 2.24) is 0 Å². The fourth-order valence-corrected chi connectivity index (χ4v) is 1.05. The highest BCUT2D eigenvalue weighted by atomic mass is 31.1. The third kappa shape index (κ3) is 1.77. The highest BCUT2D eigenvalue weighted by Gasteiger charge is 2.02. The second kappa shape index (κ2) is 3.67. The van der Waals surface area contributed by atoms with E-state index >= 15 is 0 Å². The lowest BCUT2D eigenvalue weighted by molar-refractivity contribution is 0.257. The molecule has 0 fully saturated rings. The summed E-state index contributed by atoms with van der Waals surface area (Å²) < 4.78 is 0. The summed E-state index contributed by atoms with van der Waals surface area (Å²) in [6.07, 6.45) is 0. The molecule has 0 aliphatic heterocycles. The minimum absolute atomic E-state index is 0.435. The van der Waals surface area contributed by atoms with Gasteiger partial charge in [-0.3, -0.25) is 0 Å². The van der Waals surface area contributed by atoms with Gasteiger partial charge in [0.15, 0.2) is 0 Å². The molecule has 2 nitrogen and oxygen atoms in total. The van der Waals surface area contributed by atoms with Gasteiger partial charge in [-0.2, -0.15) is 0 Å². The molecule has 2 unspecified atom stereocenters. The fourth-order valence-electron chi connectivity index (χ4n) is 0.710. The zero-order valence-electron chi connectivity index (χ0n) is 5.36. The van der Waals surface area contributed by atoms with Gasteiger partial charge in [-0.15, -0.1) is 0 Å². The lowest BCUT2D eigenvalue weighted by Gasteiger charge is -2.04. The summed E-state index contributed by atoms with van der Waals surface area (Å²) in [6, 6.07) is 9.11. The van der Waals surface area contributed by atoms with Gasteiger partial charge in [-0.1, -0.05) is 30.3 Å². The molecule has 54 valence electrons. The lowest BCUT2D eigenvalue weighted by atomic mass is 10.2. The van der Waals surface area contributed by atoms with E-state index in [0.29, 0.717) is 0 Å². The molecule has 0 spiro atoms. The molecule has 3 heteroatoms. The van der Waals surface area contributed by atoms with Crippen LogP contribution in [0.1, 0.15) is 11.4 Å². The number of rotatable bonds is 2. The molecule has 0 saturated carbocycles. The van der Waals surface area contributed by atoms with Crippen molar-refractivity contribution in [3.05, 3.63) is 35.9 Å². The number of hydrogen-bond donors (Lipinski definition) is 2. The van der Waals surface area contributed by atoms with E-state index in [1.165, 1.54) is 0 Å². The van der Waals surface area contributed by atoms with Gasteiger partial charge >= 0.3 is 0 Å². The van der Waals surface area contributed by atoms with E-state index in [4.69, 9.17) is 10.00 Å². The Hall–Kier alpha value is -0.430. The molecule has 0 heterocycles. The van der Waals surface area contributed by atoms with Crippen molar-refractivity contribution >= 4 is 8.81 Å². The van der Waals surface area contributed by atoms with Gasteiger partial charge in [0, 0.05) is 8.81 Å². The summed E-state index contributed by atoms with van der Waals surface area (Å²) in [6.45, 7) is 0. The minimum Gasteiger partial charge on any atom is -0.382 e. The Bertz CT molecular complexity index is 188. The molecule has 0 saturated heterocycles. The first-order valence-electron chi connectivity index (χ1n) is 2.97. The molecule has 0 aliphatic rings. The van der Waals surface area contributed by atoms with Crippen molar-refractivity contribution in [3.63, 3.8) is 0 Å². The van der Waals surface area contributed by atoms with Crippen LogP contribution in [0, 0.1) is 0 Å². The van der Waals surface area contributed by atoms with Crippen LogP contribution < -0.4 is 0 Å². The van der Waals surface area contributed by atoms with Crippen LogP contribution in [0.3, 0.4) is 0 Å². The third-order valence-corrected chi connectivity index (χ3v) is 1.82. The molecule has 0 amide bonds. The molecule has 10 heavy (non-hydrogen) atoms. The van der Waals surface area contributed by atoms with Crippen molar-refractivity contribution in [3.8, 4) is 0 Å². The lowest BCUT2D eigenvalue weighted by Crippen LogP contribution is -1.87.